The highest BCUT2D eigenvalue weighted by molar-refractivity contribution is 6.25. The van der Waals surface area contributed by atoms with Gasteiger partial charge in [0.1, 0.15) is 16.7 Å². The molecular formula is C46H27NO2. The highest BCUT2D eigenvalue weighted by Crippen LogP contribution is 2.47. The molecule has 0 saturated heterocycles. The maximum atomic E-state index is 6.70. The van der Waals surface area contributed by atoms with Gasteiger partial charge >= 0.3 is 0 Å². The molecule has 0 aliphatic carbocycles. The predicted octanol–water partition coefficient (Wildman–Crippen LogP) is 13.1. The number of para-hydroxylation sites is 3. The van der Waals surface area contributed by atoms with E-state index in [0.29, 0.717) is 0 Å². The predicted molar refractivity (Wildman–Crippen MR) is 204 cm³/mol. The van der Waals surface area contributed by atoms with Crippen molar-refractivity contribution in [1.29, 1.82) is 0 Å². The average Bonchev–Trinajstić information content (AvgIpc) is 3.86. The minimum atomic E-state index is 0.830. The van der Waals surface area contributed by atoms with Gasteiger partial charge in [-0.15, -0.1) is 0 Å². The number of furan rings is 2. The summed E-state index contributed by atoms with van der Waals surface area (Å²) in [7, 11) is 0. The number of benzene rings is 8. The van der Waals surface area contributed by atoms with Crippen LogP contribution < -0.4 is 0 Å². The fourth-order valence-corrected chi connectivity index (χ4v) is 8.16. The molecule has 228 valence electrons. The second-order valence-electron chi connectivity index (χ2n) is 12.9. The Balaban J connectivity index is 1.23. The van der Waals surface area contributed by atoms with Gasteiger partial charge in [0.2, 0.25) is 0 Å². The third-order valence-corrected chi connectivity index (χ3v) is 10.2. The molecule has 0 atom stereocenters. The van der Waals surface area contributed by atoms with E-state index in [2.05, 4.69) is 150 Å². The molecule has 0 saturated carbocycles. The Labute approximate surface area is 280 Å². The molecule has 0 aliphatic rings. The second-order valence-corrected chi connectivity index (χ2v) is 12.9. The van der Waals surface area contributed by atoms with Crippen LogP contribution in [-0.2, 0) is 0 Å². The zero-order valence-electron chi connectivity index (χ0n) is 26.4. The van der Waals surface area contributed by atoms with E-state index in [1.807, 2.05) is 12.1 Å². The van der Waals surface area contributed by atoms with Gasteiger partial charge in [-0.25, -0.2) is 0 Å². The van der Waals surface area contributed by atoms with Gasteiger partial charge in [-0.2, -0.15) is 0 Å². The number of fused-ring (bicyclic) bond motifs is 9. The Hall–Kier alpha value is -6.58. The first kappa shape index (κ1) is 26.5. The smallest absolute Gasteiger partial charge is 0.143 e. The minimum Gasteiger partial charge on any atom is -0.464 e. The van der Waals surface area contributed by atoms with Gasteiger partial charge in [0, 0.05) is 49.8 Å². The van der Waals surface area contributed by atoms with Gasteiger partial charge in [0.05, 0.1) is 17.3 Å². The van der Waals surface area contributed by atoms with E-state index in [0.717, 1.165) is 44.2 Å². The molecule has 0 spiro atoms. The van der Waals surface area contributed by atoms with Crippen LogP contribution in [0.3, 0.4) is 0 Å². The zero-order chi connectivity index (χ0) is 32.1. The van der Waals surface area contributed by atoms with Crippen LogP contribution in [0.5, 0.6) is 0 Å². The van der Waals surface area contributed by atoms with Crippen LogP contribution in [0.25, 0.3) is 104 Å². The van der Waals surface area contributed by atoms with Crippen molar-refractivity contribution in [2.45, 2.75) is 0 Å². The molecule has 3 nitrogen and oxygen atoms in total. The van der Waals surface area contributed by atoms with Gasteiger partial charge in [-0.05, 0) is 69.1 Å². The van der Waals surface area contributed by atoms with Crippen LogP contribution >= 0.6 is 0 Å². The van der Waals surface area contributed by atoms with E-state index in [-0.39, 0.29) is 0 Å². The Bertz CT molecular complexity index is 3050. The molecule has 0 fully saturated rings. The van der Waals surface area contributed by atoms with Crippen molar-refractivity contribution < 1.29 is 8.83 Å². The molecular weight excluding hydrogens is 599 g/mol. The topological polar surface area (TPSA) is 31.2 Å². The van der Waals surface area contributed by atoms with E-state index >= 15 is 0 Å². The van der Waals surface area contributed by atoms with Crippen LogP contribution in [0.15, 0.2) is 173 Å². The van der Waals surface area contributed by atoms with Crippen LogP contribution in [-0.4, -0.2) is 4.57 Å². The molecule has 0 amide bonds. The molecule has 0 unspecified atom stereocenters. The average molecular weight is 626 g/mol. The quantitative estimate of drug-likeness (QED) is 0.183. The van der Waals surface area contributed by atoms with Crippen molar-refractivity contribution in [1.82, 2.24) is 4.57 Å². The normalized spacial score (nSPS) is 12.1. The summed E-state index contributed by atoms with van der Waals surface area (Å²) in [5.74, 6) is 0. The highest BCUT2D eigenvalue weighted by atomic mass is 16.3. The number of hydrogen-bond acceptors (Lipinski definition) is 2. The van der Waals surface area contributed by atoms with Crippen LogP contribution in [0.1, 0.15) is 0 Å². The van der Waals surface area contributed by atoms with Crippen molar-refractivity contribution in [2.75, 3.05) is 0 Å². The first-order chi connectivity index (χ1) is 24.3. The van der Waals surface area contributed by atoms with Gasteiger partial charge in [0.15, 0.2) is 0 Å². The summed E-state index contributed by atoms with van der Waals surface area (Å²) in [4.78, 5) is 0. The highest BCUT2D eigenvalue weighted by Gasteiger charge is 2.21. The van der Waals surface area contributed by atoms with E-state index in [4.69, 9.17) is 8.83 Å². The van der Waals surface area contributed by atoms with Crippen molar-refractivity contribution in [3.63, 3.8) is 0 Å². The van der Waals surface area contributed by atoms with E-state index < -0.39 is 0 Å². The molecule has 11 aromatic rings. The maximum absolute atomic E-state index is 6.70. The monoisotopic (exact) mass is 625 g/mol. The van der Waals surface area contributed by atoms with Crippen molar-refractivity contribution in [3.8, 4) is 27.9 Å². The third kappa shape index (κ3) is 3.73. The summed E-state index contributed by atoms with van der Waals surface area (Å²) in [6.07, 6.45) is 1.73. The maximum Gasteiger partial charge on any atom is 0.143 e. The minimum absolute atomic E-state index is 0.830. The molecule has 3 heteroatoms. The lowest BCUT2D eigenvalue weighted by atomic mass is 9.85. The molecule has 3 heterocycles. The molecule has 0 N–H and O–H groups in total. The summed E-state index contributed by atoms with van der Waals surface area (Å²) in [5, 5.41) is 10.6. The van der Waals surface area contributed by atoms with Crippen LogP contribution in [0.4, 0.5) is 0 Å². The first-order valence-corrected chi connectivity index (χ1v) is 16.7. The lowest BCUT2D eigenvalue weighted by molar-refractivity contribution is 0.613. The Morgan fingerprint density at radius 2 is 1.06 bits per heavy atom. The number of hydrogen-bond donors (Lipinski definition) is 0. The van der Waals surface area contributed by atoms with Crippen molar-refractivity contribution in [2.24, 2.45) is 0 Å². The van der Waals surface area contributed by atoms with E-state index in [1.54, 1.807) is 6.26 Å². The standard InChI is InChI=1S/C46H27NO2/c1-2-11-30(12-3-1)47-40-20-9-8-13-31(40)32-22-21-29(26-41(32)47)44-33-14-4-6-16-35(33)45(36-17-7-5-15-34(36)44)38-19-10-18-37-39-25-28-23-24-48-42(28)27-43(39)49-46(37)38/h1-27H. The number of aromatic nitrogens is 1. The van der Waals surface area contributed by atoms with Gasteiger partial charge in [-0.1, -0.05) is 115 Å². The molecule has 0 bridgehead atoms. The second kappa shape index (κ2) is 9.96. The van der Waals surface area contributed by atoms with Crippen molar-refractivity contribution in [3.05, 3.63) is 164 Å². The van der Waals surface area contributed by atoms with Gasteiger partial charge in [-0.3, -0.25) is 0 Å². The molecule has 3 aromatic heterocycles. The first-order valence-electron chi connectivity index (χ1n) is 16.7. The van der Waals surface area contributed by atoms with E-state index in [9.17, 15) is 0 Å². The van der Waals surface area contributed by atoms with E-state index in [1.165, 1.54) is 60.0 Å². The molecule has 0 radical (unpaired) electrons. The van der Waals surface area contributed by atoms with Crippen molar-refractivity contribution >= 4 is 76.3 Å². The summed E-state index contributed by atoms with van der Waals surface area (Å²) >= 11 is 0. The summed E-state index contributed by atoms with van der Waals surface area (Å²) in [5.41, 5.74) is 10.8. The fourth-order valence-electron chi connectivity index (χ4n) is 8.16. The SMILES string of the molecule is c1ccc(-n2c3ccccc3c3ccc(-c4c5ccccc5c(-c5cccc6c5oc5cc7occc7cc56)c5ccccc45)cc32)cc1. The van der Waals surface area contributed by atoms with Gasteiger partial charge < -0.3 is 13.4 Å². The number of nitrogens with zero attached hydrogens (tertiary/aromatic N) is 1. The Morgan fingerprint density at radius 3 is 1.84 bits per heavy atom. The Kier molecular flexibility index (Phi) is 5.38. The fraction of sp³-hybridized carbons (Fsp3) is 0. The third-order valence-electron chi connectivity index (χ3n) is 10.2. The molecule has 0 aliphatic heterocycles. The molecule has 8 aromatic carbocycles. The summed E-state index contributed by atoms with van der Waals surface area (Å²) < 4.78 is 14.8. The largest absolute Gasteiger partial charge is 0.464 e. The van der Waals surface area contributed by atoms with Crippen LogP contribution in [0, 0.1) is 0 Å². The van der Waals surface area contributed by atoms with Crippen LogP contribution in [0.2, 0.25) is 0 Å². The summed E-state index contributed by atoms with van der Waals surface area (Å²) in [6.45, 7) is 0. The molecule has 49 heavy (non-hydrogen) atoms. The lowest BCUT2D eigenvalue weighted by Gasteiger charge is -2.18. The summed E-state index contributed by atoms with van der Waals surface area (Å²) in [6, 6.07) is 56.7. The zero-order valence-corrected chi connectivity index (χ0v) is 26.4. The Morgan fingerprint density at radius 1 is 0.408 bits per heavy atom. The number of rotatable bonds is 3. The van der Waals surface area contributed by atoms with Gasteiger partial charge in [0.25, 0.3) is 0 Å². The molecule has 11 rings (SSSR count). The lowest BCUT2D eigenvalue weighted by Crippen LogP contribution is -1.94.